The number of hydrogen-bond donors (Lipinski definition) is 0. The number of likely N-dealkylation sites (tertiary alicyclic amines) is 1. The summed E-state index contributed by atoms with van der Waals surface area (Å²) in [6.45, 7) is 3.02. The fourth-order valence-corrected chi connectivity index (χ4v) is 3.23. The molecule has 0 aliphatic carbocycles. The molecule has 0 unspecified atom stereocenters. The van der Waals surface area contributed by atoms with Crippen molar-refractivity contribution in [2.45, 2.75) is 17.1 Å². The molecule has 0 aromatic heterocycles. The normalized spacial score (nSPS) is 27.1. The first-order valence-electron chi connectivity index (χ1n) is 4.71. The van der Waals surface area contributed by atoms with Crippen molar-refractivity contribution in [2.24, 2.45) is 11.8 Å². The highest BCUT2D eigenvalue weighted by atomic mass is 79.9. The van der Waals surface area contributed by atoms with Crippen molar-refractivity contribution in [1.82, 2.24) is 4.90 Å². The first kappa shape index (κ1) is 13.9. The Balaban J connectivity index is 2.60. The Morgan fingerprint density at radius 2 is 1.93 bits per heavy atom. The summed E-state index contributed by atoms with van der Waals surface area (Å²) in [5, 5.41) is 0.836. The van der Waals surface area contributed by atoms with Gasteiger partial charge in [-0.3, -0.25) is 4.79 Å². The van der Waals surface area contributed by atoms with E-state index in [1.54, 1.807) is 6.92 Å². The van der Waals surface area contributed by atoms with Crippen molar-refractivity contribution in [3.05, 3.63) is 0 Å². The van der Waals surface area contributed by atoms with Crippen molar-refractivity contribution in [2.75, 3.05) is 18.4 Å². The molecule has 0 spiro atoms. The fraction of sp³-hybridized carbons (Fsp3) is 0.889. The molecule has 2 atom stereocenters. The van der Waals surface area contributed by atoms with Gasteiger partial charge in [0.05, 0.1) is 0 Å². The van der Waals surface area contributed by atoms with Crippen LogP contribution in [0.3, 0.4) is 0 Å². The van der Waals surface area contributed by atoms with Crippen molar-refractivity contribution in [3.8, 4) is 0 Å². The van der Waals surface area contributed by atoms with Crippen LogP contribution in [0.25, 0.3) is 0 Å². The van der Waals surface area contributed by atoms with Crippen LogP contribution in [0, 0.1) is 11.8 Å². The van der Waals surface area contributed by atoms with Crippen molar-refractivity contribution < 1.29 is 4.79 Å². The van der Waals surface area contributed by atoms with Crippen molar-refractivity contribution in [1.29, 1.82) is 0 Å². The maximum Gasteiger partial charge on any atom is 0.219 e. The van der Waals surface area contributed by atoms with E-state index in [0.717, 1.165) is 11.9 Å². The minimum atomic E-state index is -1.22. The van der Waals surface area contributed by atoms with Gasteiger partial charge in [0, 0.05) is 25.3 Å². The summed E-state index contributed by atoms with van der Waals surface area (Å²) in [5.41, 5.74) is 0. The number of amides is 1. The zero-order chi connectivity index (χ0) is 11.6. The Morgan fingerprint density at radius 3 is 2.33 bits per heavy atom. The molecule has 1 heterocycles. The molecular weight excluding hydrogens is 324 g/mol. The average Bonchev–Trinajstić information content (AvgIpc) is 2.44. The summed E-state index contributed by atoms with van der Waals surface area (Å²) in [7, 11) is 0. The van der Waals surface area contributed by atoms with Gasteiger partial charge in [-0.25, -0.2) is 0 Å². The molecule has 0 radical (unpaired) electrons. The second-order valence-corrected chi connectivity index (χ2v) is 7.08. The van der Waals surface area contributed by atoms with Crippen LogP contribution >= 0.6 is 50.7 Å². The van der Waals surface area contributed by atoms with Crippen molar-refractivity contribution >= 4 is 56.6 Å². The van der Waals surface area contributed by atoms with Gasteiger partial charge >= 0.3 is 0 Å². The van der Waals surface area contributed by atoms with E-state index in [1.807, 2.05) is 4.90 Å². The summed E-state index contributed by atoms with van der Waals surface area (Å²) < 4.78 is -1.22. The smallest absolute Gasteiger partial charge is 0.219 e. The van der Waals surface area contributed by atoms with E-state index in [1.165, 1.54) is 0 Å². The minimum absolute atomic E-state index is 0.0905. The standard InChI is InChI=1S/C9H13BrCl3NO/c1-6(15)14-4-7(2-9(11,12)13)8(3-10)5-14/h7-8H,2-5H2,1H3/t7-,8+/m0/s1. The third kappa shape index (κ3) is 4.29. The quantitative estimate of drug-likeness (QED) is 0.709. The van der Waals surface area contributed by atoms with E-state index in [4.69, 9.17) is 34.8 Å². The van der Waals surface area contributed by atoms with Gasteiger partial charge in [-0.1, -0.05) is 50.7 Å². The number of nitrogens with zero attached hydrogens (tertiary/aromatic N) is 1. The first-order chi connectivity index (χ1) is 6.83. The number of rotatable bonds is 2. The molecule has 0 saturated carbocycles. The van der Waals surface area contributed by atoms with Gasteiger partial charge in [-0.15, -0.1) is 0 Å². The number of carbonyl (C=O) groups excluding carboxylic acids is 1. The molecule has 6 heteroatoms. The first-order valence-corrected chi connectivity index (χ1v) is 6.97. The second kappa shape index (κ2) is 5.44. The molecule has 0 bridgehead atoms. The number of halogens is 4. The Labute approximate surface area is 113 Å². The maximum atomic E-state index is 11.2. The van der Waals surface area contributed by atoms with Gasteiger partial charge in [0.1, 0.15) is 0 Å². The highest BCUT2D eigenvalue weighted by molar-refractivity contribution is 9.09. The predicted molar refractivity (Wildman–Crippen MR) is 67.9 cm³/mol. The molecule has 0 N–H and O–H groups in total. The van der Waals surface area contributed by atoms with Crippen LogP contribution in [0.5, 0.6) is 0 Å². The summed E-state index contributed by atoms with van der Waals surface area (Å²) in [5.74, 6) is 0.734. The van der Waals surface area contributed by atoms with Gasteiger partial charge in [-0.05, 0) is 18.3 Å². The number of alkyl halides is 4. The third-order valence-electron chi connectivity index (χ3n) is 2.71. The van der Waals surface area contributed by atoms with E-state index < -0.39 is 3.79 Å². The zero-order valence-electron chi connectivity index (χ0n) is 8.35. The SMILES string of the molecule is CC(=O)N1C[C@@H](CBr)[C@@H](CC(Cl)(Cl)Cl)C1. The van der Waals surface area contributed by atoms with Gasteiger partial charge in [0.15, 0.2) is 3.79 Å². The lowest BCUT2D eigenvalue weighted by molar-refractivity contribution is -0.128. The van der Waals surface area contributed by atoms with Crippen LogP contribution in [0.15, 0.2) is 0 Å². The van der Waals surface area contributed by atoms with E-state index in [-0.39, 0.29) is 11.8 Å². The topological polar surface area (TPSA) is 20.3 Å². The Bertz CT molecular complexity index is 244. The second-order valence-electron chi connectivity index (χ2n) is 3.92. The molecule has 1 fully saturated rings. The minimum Gasteiger partial charge on any atom is -0.342 e. The van der Waals surface area contributed by atoms with E-state index in [2.05, 4.69) is 15.9 Å². The van der Waals surface area contributed by atoms with Crippen LogP contribution in [0.1, 0.15) is 13.3 Å². The van der Waals surface area contributed by atoms with Gasteiger partial charge in [0.2, 0.25) is 5.91 Å². The summed E-state index contributed by atoms with van der Waals surface area (Å²) in [6, 6.07) is 0. The van der Waals surface area contributed by atoms with Crippen LogP contribution in [-0.4, -0.2) is 33.0 Å². The Morgan fingerprint density at radius 1 is 1.40 bits per heavy atom. The number of carbonyl (C=O) groups is 1. The van der Waals surface area contributed by atoms with Gasteiger partial charge in [-0.2, -0.15) is 0 Å². The lowest BCUT2D eigenvalue weighted by Gasteiger charge is -2.20. The lowest BCUT2D eigenvalue weighted by atomic mass is 9.95. The molecular formula is C9H13BrCl3NO. The molecule has 1 aliphatic heterocycles. The third-order valence-corrected chi connectivity index (χ3v) is 4.01. The van der Waals surface area contributed by atoms with Crippen LogP contribution < -0.4 is 0 Å². The van der Waals surface area contributed by atoms with Gasteiger partial charge in [0.25, 0.3) is 0 Å². The monoisotopic (exact) mass is 335 g/mol. The van der Waals surface area contributed by atoms with E-state index >= 15 is 0 Å². The molecule has 1 aliphatic rings. The molecule has 0 aromatic rings. The van der Waals surface area contributed by atoms with Crippen LogP contribution in [0.4, 0.5) is 0 Å². The maximum absolute atomic E-state index is 11.2. The van der Waals surface area contributed by atoms with E-state index in [0.29, 0.717) is 18.9 Å². The fourth-order valence-electron chi connectivity index (χ4n) is 1.90. The zero-order valence-corrected chi connectivity index (χ0v) is 12.2. The van der Waals surface area contributed by atoms with Crippen LogP contribution in [-0.2, 0) is 4.79 Å². The van der Waals surface area contributed by atoms with Crippen molar-refractivity contribution in [3.63, 3.8) is 0 Å². The summed E-state index contributed by atoms with van der Waals surface area (Å²) >= 11 is 20.8. The highest BCUT2D eigenvalue weighted by Crippen LogP contribution is 2.39. The molecule has 88 valence electrons. The number of hydrogen-bond acceptors (Lipinski definition) is 1. The van der Waals surface area contributed by atoms with Crippen LogP contribution in [0.2, 0.25) is 0 Å². The highest BCUT2D eigenvalue weighted by Gasteiger charge is 2.37. The lowest BCUT2D eigenvalue weighted by Crippen LogP contribution is -2.26. The Kier molecular flexibility index (Phi) is 5.03. The van der Waals surface area contributed by atoms with E-state index in [9.17, 15) is 4.79 Å². The molecule has 1 rings (SSSR count). The average molecular weight is 337 g/mol. The van der Waals surface area contributed by atoms with Gasteiger partial charge < -0.3 is 4.90 Å². The molecule has 2 nitrogen and oxygen atoms in total. The molecule has 1 amide bonds. The Hall–Kier alpha value is 0.820. The summed E-state index contributed by atoms with van der Waals surface area (Å²) in [6.07, 6.45) is 0.498. The summed E-state index contributed by atoms with van der Waals surface area (Å²) in [4.78, 5) is 13.0. The molecule has 15 heavy (non-hydrogen) atoms. The molecule has 1 saturated heterocycles. The predicted octanol–water partition coefficient (Wildman–Crippen LogP) is 3.24. The molecule has 0 aromatic carbocycles. The largest absolute Gasteiger partial charge is 0.342 e.